The lowest BCUT2D eigenvalue weighted by atomic mass is 10.1. The van der Waals surface area contributed by atoms with E-state index in [1.165, 1.54) is 12.3 Å². The van der Waals surface area contributed by atoms with Crippen LogP contribution < -0.4 is 5.73 Å². The Balaban J connectivity index is 2.97. The number of hydrogen-bond acceptors (Lipinski definition) is 5. The van der Waals surface area contributed by atoms with Crippen molar-refractivity contribution in [2.45, 2.75) is 24.3 Å². The average Bonchev–Trinajstić information content (AvgIpc) is 2.29. The molecule has 1 rings (SSSR count). The van der Waals surface area contributed by atoms with E-state index in [1.54, 1.807) is 13.0 Å². The van der Waals surface area contributed by atoms with E-state index in [-0.39, 0.29) is 17.1 Å². The van der Waals surface area contributed by atoms with Gasteiger partial charge in [-0.05, 0) is 12.1 Å². The minimum atomic E-state index is -3.22. The first-order valence-corrected chi connectivity index (χ1v) is 6.47. The van der Waals surface area contributed by atoms with Crippen LogP contribution in [-0.2, 0) is 9.84 Å². The summed E-state index contributed by atoms with van der Waals surface area (Å²) < 4.78 is 23.0. The van der Waals surface area contributed by atoms with Crippen LogP contribution in [0.5, 0.6) is 0 Å². The fourth-order valence-corrected chi connectivity index (χ4v) is 1.99. The minimum Gasteiger partial charge on any atom is -0.322 e. The lowest BCUT2D eigenvalue weighted by Crippen LogP contribution is -2.12. The van der Waals surface area contributed by atoms with Gasteiger partial charge in [-0.15, -0.1) is 0 Å². The normalized spacial score (nSPS) is 13.1. The Morgan fingerprint density at radius 2 is 2.25 bits per heavy atom. The molecule has 0 bridgehead atoms. The van der Waals surface area contributed by atoms with E-state index >= 15 is 0 Å². The topological polar surface area (TPSA) is 96.8 Å². The first-order valence-electron chi connectivity index (χ1n) is 4.82. The SMILES string of the molecule is CCS(=O)(=O)c1ccc(C(N)CC#N)nc1. The zero-order valence-corrected chi connectivity index (χ0v) is 9.74. The van der Waals surface area contributed by atoms with E-state index in [4.69, 9.17) is 11.0 Å². The second-order valence-electron chi connectivity index (χ2n) is 3.29. The average molecular weight is 239 g/mol. The minimum absolute atomic E-state index is 0.0400. The number of rotatable bonds is 4. The van der Waals surface area contributed by atoms with Gasteiger partial charge in [-0.3, -0.25) is 4.98 Å². The third-order valence-electron chi connectivity index (χ3n) is 2.19. The molecule has 1 aromatic heterocycles. The van der Waals surface area contributed by atoms with Gasteiger partial charge in [0.2, 0.25) is 0 Å². The van der Waals surface area contributed by atoms with Crippen molar-refractivity contribution in [1.82, 2.24) is 4.98 Å². The number of sulfone groups is 1. The van der Waals surface area contributed by atoms with Crippen LogP contribution in [0.15, 0.2) is 23.2 Å². The molecular weight excluding hydrogens is 226 g/mol. The Kier molecular flexibility index (Phi) is 3.99. The molecule has 5 nitrogen and oxygen atoms in total. The van der Waals surface area contributed by atoms with Gasteiger partial charge in [-0.1, -0.05) is 6.92 Å². The molecule has 0 aromatic carbocycles. The number of nitrogens with zero attached hydrogens (tertiary/aromatic N) is 2. The van der Waals surface area contributed by atoms with Gasteiger partial charge in [0, 0.05) is 6.20 Å². The highest BCUT2D eigenvalue weighted by atomic mass is 32.2. The van der Waals surface area contributed by atoms with Crippen LogP contribution in [0.3, 0.4) is 0 Å². The Morgan fingerprint density at radius 3 is 2.69 bits per heavy atom. The molecule has 2 N–H and O–H groups in total. The van der Waals surface area contributed by atoms with Crippen molar-refractivity contribution in [3.8, 4) is 6.07 Å². The molecule has 16 heavy (non-hydrogen) atoms. The van der Waals surface area contributed by atoms with Gasteiger partial charge in [0.05, 0.1) is 34.9 Å². The zero-order valence-electron chi connectivity index (χ0n) is 8.92. The Labute approximate surface area is 94.8 Å². The highest BCUT2D eigenvalue weighted by Gasteiger charge is 2.13. The molecule has 0 fully saturated rings. The van der Waals surface area contributed by atoms with Crippen molar-refractivity contribution in [1.29, 1.82) is 5.26 Å². The summed E-state index contributed by atoms with van der Waals surface area (Å²) in [7, 11) is -3.22. The summed E-state index contributed by atoms with van der Waals surface area (Å²) in [6.07, 6.45) is 1.44. The molecule has 1 unspecified atom stereocenters. The first kappa shape index (κ1) is 12.6. The fourth-order valence-electron chi connectivity index (χ4n) is 1.16. The van der Waals surface area contributed by atoms with Crippen LogP contribution in [0.1, 0.15) is 25.1 Å². The van der Waals surface area contributed by atoms with Gasteiger partial charge in [-0.25, -0.2) is 8.42 Å². The maximum Gasteiger partial charge on any atom is 0.179 e. The van der Waals surface area contributed by atoms with Crippen molar-refractivity contribution in [3.63, 3.8) is 0 Å². The molecule has 86 valence electrons. The van der Waals surface area contributed by atoms with Gasteiger partial charge in [0.1, 0.15) is 0 Å². The summed E-state index contributed by atoms with van der Waals surface area (Å²) in [5, 5.41) is 8.47. The van der Waals surface area contributed by atoms with Crippen LogP contribution in [0.4, 0.5) is 0 Å². The van der Waals surface area contributed by atoms with Gasteiger partial charge in [-0.2, -0.15) is 5.26 Å². The summed E-state index contributed by atoms with van der Waals surface area (Å²) in [4.78, 5) is 4.14. The van der Waals surface area contributed by atoms with Crippen LogP contribution >= 0.6 is 0 Å². The lowest BCUT2D eigenvalue weighted by Gasteiger charge is -2.07. The van der Waals surface area contributed by atoms with Crippen LogP contribution in [0.2, 0.25) is 0 Å². The summed E-state index contributed by atoms with van der Waals surface area (Å²) in [5.74, 6) is 0.0400. The van der Waals surface area contributed by atoms with Gasteiger partial charge < -0.3 is 5.73 Å². The molecule has 1 heterocycles. The van der Waals surface area contributed by atoms with E-state index in [9.17, 15) is 8.42 Å². The van der Waals surface area contributed by atoms with E-state index in [0.29, 0.717) is 5.69 Å². The second kappa shape index (κ2) is 5.05. The second-order valence-corrected chi connectivity index (χ2v) is 5.57. The monoisotopic (exact) mass is 239 g/mol. The van der Waals surface area contributed by atoms with E-state index in [0.717, 1.165) is 0 Å². The number of nitrogens with two attached hydrogens (primary N) is 1. The smallest absolute Gasteiger partial charge is 0.179 e. The van der Waals surface area contributed by atoms with E-state index in [2.05, 4.69) is 4.98 Å². The summed E-state index contributed by atoms with van der Waals surface area (Å²) in [5.41, 5.74) is 6.19. The quantitative estimate of drug-likeness (QED) is 0.837. The molecule has 0 aliphatic carbocycles. The molecule has 1 atom stereocenters. The Morgan fingerprint density at radius 1 is 1.56 bits per heavy atom. The molecule has 0 radical (unpaired) electrons. The van der Waals surface area contributed by atoms with Crippen molar-refractivity contribution in [3.05, 3.63) is 24.0 Å². The Bertz CT molecular complexity index is 488. The molecule has 0 aliphatic heterocycles. The van der Waals surface area contributed by atoms with Crippen molar-refractivity contribution in [2.24, 2.45) is 5.73 Å². The summed E-state index contributed by atoms with van der Waals surface area (Å²) in [6.45, 7) is 1.57. The first-order chi connectivity index (χ1) is 7.51. The number of pyridine rings is 1. The zero-order chi connectivity index (χ0) is 12.2. The Hall–Kier alpha value is -1.45. The largest absolute Gasteiger partial charge is 0.322 e. The molecule has 0 saturated heterocycles. The van der Waals surface area contributed by atoms with Gasteiger partial charge in [0.15, 0.2) is 9.84 Å². The molecule has 0 aliphatic rings. The van der Waals surface area contributed by atoms with Crippen LogP contribution in [0, 0.1) is 11.3 Å². The maximum absolute atomic E-state index is 11.5. The number of hydrogen-bond donors (Lipinski definition) is 1. The standard InChI is InChI=1S/C10H13N3O2S/c1-2-16(14,15)8-3-4-10(13-7-8)9(12)5-6-11/h3-4,7,9H,2,5,12H2,1H3. The van der Waals surface area contributed by atoms with Gasteiger partial charge in [0.25, 0.3) is 0 Å². The van der Waals surface area contributed by atoms with Crippen LogP contribution in [0.25, 0.3) is 0 Å². The fraction of sp³-hybridized carbons (Fsp3) is 0.400. The molecule has 0 spiro atoms. The lowest BCUT2D eigenvalue weighted by molar-refractivity contribution is 0.596. The van der Waals surface area contributed by atoms with E-state index < -0.39 is 15.9 Å². The van der Waals surface area contributed by atoms with Crippen molar-refractivity contribution < 1.29 is 8.42 Å². The predicted molar refractivity (Wildman–Crippen MR) is 59.1 cm³/mol. The molecule has 1 aromatic rings. The summed E-state index contributed by atoms with van der Waals surface area (Å²) in [6, 6.07) is 4.49. The highest BCUT2D eigenvalue weighted by Crippen LogP contribution is 2.14. The summed E-state index contributed by atoms with van der Waals surface area (Å²) >= 11 is 0. The molecular formula is C10H13N3O2S. The highest BCUT2D eigenvalue weighted by molar-refractivity contribution is 7.91. The van der Waals surface area contributed by atoms with E-state index in [1.807, 2.05) is 6.07 Å². The van der Waals surface area contributed by atoms with Crippen LogP contribution in [-0.4, -0.2) is 19.2 Å². The van der Waals surface area contributed by atoms with Gasteiger partial charge >= 0.3 is 0 Å². The van der Waals surface area contributed by atoms with Crippen molar-refractivity contribution in [2.75, 3.05) is 5.75 Å². The third-order valence-corrected chi connectivity index (χ3v) is 3.91. The number of nitriles is 1. The molecule has 6 heteroatoms. The maximum atomic E-state index is 11.5. The third kappa shape index (κ3) is 2.78. The van der Waals surface area contributed by atoms with Crippen molar-refractivity contribution >= 4 is 9.84 Å². The molecule has 0 amide bonds. The predicted octanol–water partition coefficient (Wildman–Crippen LogP) is 0.789. The molecule has 0 saturated carbocycles. The number of aromatic nitrogens is 1.